The van der Waals surface area contributed by atoms with E-state index in [-0.39, 0.29) is 40.6 Å². The summed E-state index contributed by atoms with van der Waals surface area (Å²) in [5, 5.41) is 19.0. The van der Waals surface area contributed by atoms with Crippen molar-refractivity contribution < 1.29 is 33.7 Å². The fourth-order valence-electron chi connectivity index (χ4n) is 8.10. The third kappa shape index (κ3) is 9.29. The SMILES string of the molecule is COC(=O)Cc1cc(OCCCCCN2CCN(c3ccc(C(=O)CC4C(C)(C)C(Oc5ccc(C#N)c(Cl)c5)C4(C)C)cn3)CC2)ccc1C(=O)O. The van der Waals surface area contributed by atoms with Gasteiger partial charge in [0.25, 0.3) is 0 Å². The number of benzene rings is 2. The maximum atomic E-state index is 13.5. The lowest BCUT2D eigenvalue weighted by Crippen LogP contribution is -2.66. The highest BCUT2D eigenvalue weighted by molar-refractivity contribution is 6.31. The van der Waals surface area contributed by atoms with Crippen molar-refractivity contribution in [2.45, 2.75) is 65.9 Å². The number of carbonyl (C=O) groups excluding carboxylic acids is 2. The van der Waals surface area contributed by atoms with Crippen LogP contribution in [-0.4, -0.2) is 85.3 Å². The van der Waals surface area contributed by atoms with Crippen molar-refractivity contribution in [3.05, 3.63) is 82.0 Å². The summed E-state index contributed by atoms with van der Waals surface area (Å²) in [5.41, 5.74) is 0.947. The number of anilines is 1. The van der Waals surface area contributed by atoms with Crippen LogP contribution in [0.3, 0.4) is 0 Å². The summed E-state index contributed by atoms with van der Waals surface area (Å²) in [7, 11) is 1.27. The maximum Gasteiger partial charge on any atom is 0.335 e. The van der Waals surface area contributed by atoms with Crippen molar-refractivity contribution in [1.29, 1.82) is 5.26 Å². The number of unbranched alkanes of at least 4 members (excludes halogenated alkanes) is 2. The summed E-state index contributed by atoms with van der Waals surface area (Å²) in [6.45, 7) is 13.6. The van der Waals surface area contributed by atoms with Crippen LogP contribution in [0.2, 0.25) is 5.02 Å². The molecule has 12 heteroatoms. The average Bonchev–Trinajstić information content (AvgIpc) is 3.14. The lowest BCUT2D eigenvalue weighted by atomic mass is 9.44. The molecule has 11 nitrogen and oxygen atoms in total. The number of ketones is 1. The Morgan fingerprint density at radius 1 is 0.962 bits per heavy atom. The van der Waals surface area contributed by atoms with Crippen LogP contribution >= 0.6 is 11.6 Å². The van der Waals surface area contributed by atoms with Gasteiger partial charge in [0, 0.05) is 61.3 Å². The van der Waals surface area contributed by atoms with Gasteiger partial charge in [-0.15, -0.1) is 0 Å². The molecule has 0 unspecified atom stereocenters. The molecule has 3 aromatic rings. The van der Waals surface area contributed by atoms with E-state index in [0.29, 0.717) is 46.2 Å². The number of esters is 1. The van der Waals surface area contributed by atoms with Crippen LogP contribution in [0.4, 0.5) is 5.82 Å². The lowest BCUT2D eigenvalue weighted by molar-refractivity contribution is -0.196. The first kappa shape index (κ1) is 39.5. The molecule has 2 fully saturated rings. The molecule has 1 saturated heterocycles. The first-order valence-electron chi connectivity index (χ1n) is 18.1. The zero-order chi connectivity index (χ0) is 38.3. The van der Waals surface area contributed by atoms with Gasteiger partial charge in [-0.3, -0.25) is 14.5 Å². The van der Waals surface area contributed by atoms with Crippen molar-refractivity contribution in [2.24, 2.45) is 16.7 Å². The number of pyridine rings is 1. The topological polar surface area (TPSA) is 142 Å². The van der Waals surface area contributed by atoms with Crippen molar-refractivity contribution >= 4 is 35.1 Å². The van der Waals surface area contributed by atoms with E-state index in [1.165, 1.54) is 13.2 Å². The molecule has 0 spiro atoms. The molecule has 2 heterocycles. The number of ether oxygens (including phenoxy) is 3. The van der Waals surface area contributed by atoms with Crippen LogP contribution in [0.1, 0.15) is 85.2 Å². The largest absolute Gasteiger partial charge is 0.494 e. The van der Waals surface area contributed by atoms with Gasteiger partial charge in [0.15, 0.2) is 5.78 Å². The summed E-state index contributed by atoms with van der Waals surface area (Å²) in [5.74, 6) is 0.609. The minimum absolute atomic E-state index is 0.0639. The Morgan fingerprint density at radius 3 is 2.30 bits per heavy atom. The van der Waals surface area contributed by atoms with Gasteiger partial charge < -0.3 is 24.2 Å². The fourth-order valence-corrected chi connectivity index (χ4v) is 8.31. The number of carboxylic acid groups (broad SMARTS) is 1. The monoisotopic (exact) mass is 744 g/mol. The zero-order valence-electron chi connectivity index (χ0n) is 31.2. The molecule has 2 aromatic carbocycles. The number of methoxy groups -OCH3 is 1. The van der Waals surface area contributed by atoms with E-state index in [4.69, 9.17) is 21.1 Å². The van der Waals surface area contributed by atoms with Crippen LogP contribution in [0.5, 0.6) is 11.5 Å². The van der Waals surface area contributed by atoms with Crippen molar-refractivity contribution in [2.75, 3.05) is 51.3 Å². The second-order valence-electron chi connectivity index (χ2n) is 15.1. The van der Waals surface area contributed by atoms with Crippen molar-refractivity contribution in [3.63, 3.8) is 0 Å². The second-order valence-corrected chi connectivity index (χ2v) is 15.5. The van der Waals surface area contributed by atoms with Gasteiger partial charge >= 0.3 is 11.9 Å². The molecule has 0 radical (unpaired) electrons. The van der Waals surface area contributed by atoms with E-state index in [1.54, 1.807) is 36.5 Å². The quantitative estimate of drug-likeness (QED) is 0.0912. The summed E-state index contributed by atoms with van der Waals surface area (Å²) in [4.78, 5) is 46.1. The molecule has 1 aliphatic carbocycles. The number of Topliss-reactive ketones (excluding diaryl/α,β-unsaturated/α-hetero) is 1. The first-order chi connectivity index (χ1) is 25.2. The number of aromatic nitrogens is 1. The van der Waals surface area contributed by atoms with Crippen LogP contribution in [0.25, 0.3) is 0 Å². The highest BCUT2D eigenvalue weighted by atomic mass is 35.5. The third-order valence-corrected chi connectivity index (χ3v) is 11.2. The van der Waals surface area contributed by atoms with Gasteiger partial charge in [0.2, 0.25) is 0 Å². The fraction of sp³-hybridized carbons (Fsp3) is 0.488. The summed E-state index contributed by atoms with van der Waals surface area (Å²) < 4.78 is 16.9. The van der Waals surface area contributed by atoms with E-state index in [9.17, 15) is 24.8 Å². The summed E-state index contributed by atoms with van der Waals surface area (Å²) >= 11 is 6.24. The van der Waals surface area contributed by atoms with Crippen LogP contribution < -0.4 is 14.4 Å². The number of rotatable bonds is 16. The van der Waals surface area contributed by atoms with E-state index < -0.39 is 11.9 Å². The Balaban J connectivity index is 1.02. The number of nitriles is 1. The van der Waals surface area contributed by atoms with Crippen molar-refractivity contribution in [1.82, 2.24) is 9.88 Å². The standard InChI is InChI=1S/C41H49ClN4O7/c1-40(2)35(41(3,4)39(40)53-31-11-9-27(25-43)33(42)23-31)24-34(47)28-10-14-36(44-26-28)46-18-16-45(17-19-46)15-7-6-8-20-52-30-12-13-32(38(49)50)29(21-30)22-37(48)51-5/h9-14,21,23,26,35,39H,6-8,15-20,22,24H2,1-5H3,(H,49,50). The maximum absolute atomic E-state index is 13.5. The predicted molar refractivity (Wildman–Crippen MR) is 202 cm³/mol. The summed E-state index contributed by atoms with van der Waals surface area (Å²) in [6, 6.07) is 15.7. The molecule has 53 heavy (non-hydrogen) atoms. The Kier molecular flexibility index (Phi) is 12.7. The van der Waals surface area contributed by atoms with Crippen LogP contribution in [0.15, 0.2) is 54.7 Å². The number of carboxylic acids is 1. The van der Waals surface area contributed by atoms with Gasteiger partial charge in [0.1, 0.15) is 29.5 Å². The molecule has 1 aliphatic heterocycles. The molecular formula is C41H49ClN4O7. The molecular weight excluding hydrogens is 696 g/mol. The lowest BCUT2D eigenvalue weighted by Gasteiger charge is -2.63. The Morgan fingerprint density at radius 2 is 1.68 bits per heavy atom. The van der Waals surface area contributed by atoms with E-state index in [2.05, 4.69) is 53.3 Å². The molecule has 2 aliphatic rings. The van der Waals surface area contributed by atoms with Crippen molar-refractivity contribution in [3.8, 4) is 17.6 Å². The molecule has 1 saturated carbocycles. The Hall–Kier alpha value is -4.66. The minimum atomic E-state index is -1.10. The molecule has 0 bridgehead atoms. The number of halogens is 1. The minimum Gasteiger partial charge on any atom is -0.494 e. The first-order valence-corrected chi connectivity index (χ1v) is 18.5. The van der Waals surface area contributed by atoms with Gasteiger partial charge in [-0.1, -0.05) is 39.3 Å². The summed E-state index contributed by atoms with van der Waals surface area (Å²) in [6.07, 6.45) is 4.75. The number of aromatic carboxylic acids is 1. The number of carbonyl (C=O) groups is 3. The van der Waals surface area contributed by atoms with Crippen LogP contribution in [-0.2, 0) is 16.0 Å². The highest BCUT2D eigenvalue weighted by Crippen LogP contribution is 2.61. The van der Waals surface area contributed by atoms with Gasteiger partial charge in [-0.05, 0) is 79.8 Å². The number of piperazine rings is 1. The smallest absolute Gasteiger partial charge is 0.335 e. The molecule has 1 N–H and O–H groups in total. The van der Waals surface area contributed by atoms with Gasteiger partial charge in [-0.25, -0.2) is 9.78 Å². The normalized spacial score (nSPS) is 19.1. The van der Waals surface area contributed by atoms with E-state index in [0.717, 1.165) is 57.8 Å². The van der Waals surface area contributed by atoms with Crippen LogP contribution in [0, 0.1) is 28.1 Å². The number of nitrogens with zero attached hydrogens (tertiary/aromatic N) is 4. The Labute approximate surface area is 316 Å². The van der Waals surface area contributed by atoms with E-state index >= 15 is 0 Å². The Bertz CT molecular complexity index is 1810. The third-order valence-electron chi connectivity index (χ3n) is 10.9. The molecule has 0 amide bonds. The predicted octanol–water partition coefficient (Wildman–Crippen LogP) is 7.09. The molecule has 5 rings (SSSR count). The number of hydrogen-bond acceptors (Lipinski definition) is 10. The molecule has 0 atom stereocenters. The van der Waals surface area contributed by atoms with Gasteiger partial charge in [-0.2, -0.15) is 5.26 Å². The van der Waals surface area contributed by atoms with Gasteiger partial charge in [0.05, 0.1) is 36.3 Å². The highest BCUT2D eigenvalue weighted by Gasteiger charge is 2.63. The number of hydrogen-bond donors (Lipinski definition) is 1. The second kappa shape index (κ2) is 17.0. The molecule has 282 valence electrons. The van der Waals surface area contributed by atoms with E-state index in [1.807, 2.05) is 12.1 Å². The average molecular weight is 745 g/mol. The zero-order valence-corrected chi connectivity index (χ0v) is 31.9. The molecule has 1 aromatic heterocycles.